The molecule has 0 spiro atoms. The molecule has 2 heterocycles. The molecule has 58 valence electrons. The van der Waals surface area contributed by atoms with E-state index in [0.717, 1.165) is 18.9 Å². The zero-order valence-electron chi connectivity index (χ0n) is 6.46. The van der Waals surface area contributed by atoms with E-state index < -0.39 is 0 Å². The van der Waals surface area contributed by atoms with Gasteiger partial charge in [-0.1, -0.05) is 13.8 Å². The van der Waals surface area contributed by atoms with E-state index in [2.05, 4.69) is 19.3 Å². The molecule has 2 N–H and O–H groups in total. The smallest absolute Gasteiger partial charge is 0.0567 e. The predicted octanol–water partition coefficient (Wildman–Crippen LogP) is 0.611. The molecule has 3 fully saturated rings. The molecule has 2 bridgehead atoms. The van der Waals surface area contributed by atoms with E-state index in [1.165, 1.54) is 5.17 Å². The molecule has 0 amide bonds. The maximum atomic E-state index is 9.27. The van der Waals surface area contributed by atoms with Crippen LogP contribution in [0.5, 0.6) is 0 Å². The zero-order chi connectivity index (χ0) is 7.35. The van der Waals surface area contributed by atoms with Crippen molar-refractivity contribution in [1.82, 2.24) is 10.6 Å². The molecule has 0 radical (unpaired) electrons. The molecular formula is C7H14N2O. The molecule has 2 aliphatic heterocycles. The van der Waals surface area contributed by atoms with Crippen LogP contribution in [0.4, 0.5) is 0 Å². The van der Waals surface area contributed by atoms with Crippen LogP contribution < -0.4 is 5.43 Å². The van der Waals surface area contributed by atoms with Crippen molar-refractivity contribution in [2.45, 2.75) is 26.3 Å². The van der Waals surface area contributed by atoms with Crippen molar-refractivity contribution in [3.63, 3.8) is 0 Å². The number of hydrogen-bond donors (Lipinski definition) is 2. The van der Waals surface area contributed by atoms with E-state index in [4.69, 9.17) is 0 Å². The third kappa shape index (κ3) is 0.603. The van der Waals surface area contributed by atoms with Crippen LogP contribution in [0.25, 0.3) is 0 Å². The number of hydrogen-bond acceptors (Lipinski definition) is 3. The summed E-state index contributed by atoms with van der Waals surface area (Å²) in [4.78, 5) is 0. The Hall–Kier alpha value is -0.120. The van der Waals surface area contributed by atoms with Crippen LogP contribution in [-0.4, -0.2) is 23.0 Å². The number of hydroxylamine groups is 1. The van der Waals surface area contributed by atoms with Crippen molar-refractivity contribution in [3.8, 4) is 0 Å². The second-order valence-corrected chi connectivity index (χ2v) is 3.98. The average molecular weight is 142 g/mol. The largest absolute Gasteiger partial charge is 0.299 e. The fourth-order valence-corrected chi connectivity index (χ4v) is 2.06. The fraction of sp³-hybridized carbons (Fsp3) is 1.00. The van der Waals surface area contributed by atoms with E-state index in [-0.39, 0.29) is 0 Å². The van der Waals surface area contributed by atoms with Gasteiger partial charge in [0.1, 0.15) is 0 Å². The minimum atomic E-state index is 0.319. The Morgan fingerprint density at radius 1 is 1.60 bits per heavy atom. The molecule has 3 heteroatoms. The lowest BCUT2D eigenvalue weighted by Crippen LogP contribution is -2.69. The number of rotatable bonds is 0. The highest BCUT2D eigenvalue weighted by atomic mass is 16.5. The molecule has 3 aliphatic rings. The Balaban J connectivity index is 2.16. The van der Waals surface area contributed by atoms with Crippen LogP contribution in [0.2, 0.25) is 0 Å². The van der Waals surface area contributed by atoms with E-state index >= 15 is 0 Å². The van der Waals surface area contributed by atoms with Gasteiger partial charge in [0.25, 0.3) is 0 Å². The fourth-order valence-electron chi connectivity index (χ4n) is 2.06. The summed E-state index contributed by atoms with van der Waals surface area (Å²) in [5.74, 6) is 0.765. The summed E-state index contributed by atoms with van der Waals surface area (Å²) in [6.07, 6.45) is 1.15. The molecule has 0 aromatic heterocycles. The molecule has 2 unspecified atom stereocenters. The zero-order valence-corrected chi connectivity index (χ0v) is 6.46. The van der Waals surface area contributed by atoms with Gasteiger partial charge in [0.05, 0.1) is 6.04 Å². The quantitative estimate of drug-likeness (QED) is 0.520. The van der Waals surface area contributed by atoms with Gasteiger partial charge in [-0.15, -0.1) is 5.17 Å². The van der Waals surface area contributed by atoms with Gasteiger partial charge in [-0.3, -0.25) is 5.21 Å². The molecule has 0 aromatic rings. The van der Waals surface area contributed by atoms with Crippen LogP contribution in [0, 0.1) is 11.3 Å². The van der Waals surface area contributed by atoms with Gasteiger partial charge in [-0.05, 0) is 17.8 Å². The Morgan fingerprint density at radius 3 is 2.60 bits per heavy atom. The van der Waals surface area contributed by atoms with Crippen LogP contribution in [0.15, 0.2) is 0 Å². The van der Waals surface area contributed by atoms with E-state index in [0.29, 0.717) is 11.5 Å². The highest BCUT2D eigenvalue weighted by molar-refractivity contribution is 5.03. The van der Waals surface area contributed by atoms with E-state index in [1.807, 2.05) is 0 Å². The maximum Gasteiger partial charge on any atom is 0.0567 e. The Morgan fingerprint density at radius 2 is 2.30 bits per heavy atom. The van der Waals surface area contributed by atoms with Crippen LogP contribution in [-0.2, 0) is 0 Å². The average Bonchev–Trinajstić information content (AvgIpc) is 1.87. The first-order valence-corrected chi connectivity index (χ1v) is 3.84. The van der Waals surface area contributed by atoms with Gasteiger partial charge >= 0.3 is 0 Å². The molecule has 2 saturated heterocycles. The molecule has 1 aliphatic carbocycles. The summed E-state index contributed by atoms with van der Waals surface area (Å²) < 4.78 is 0. The molecule has 3 nitrogen and oxygen atoms in total. The Kier molecular flexibility index (Phi) is 1.14. The predicted molar refractivity (Wildman–Crippen MR) is 37.3 cm³/mol. The third-order valence-electron chi connectivity index (χ3n) is 3.21. The second kappa shape index (κ2) is 1.72. The van der Waals surface area contributed by atoms with E-state index in [1.54, 1.807) is 0 Å². The lowest BCUT2D eigenvalue weighted by molar-refractivity contribution is -0.278. The second-order valence-electron chi connectivity index (χ2n) is 3.98. The van der Waals surface area contributed by atoms with Gasteiger partial charge in [-0.2, -0.15) is 0 Å². The molecule has 2 atom stereocenters. The van der Waals surface area contributed by atoms with Crippen LogP contribution in [0.3, 0.4) is 0 Å². The maximum absolute atomic E-state index is 9.27. The van der Waals surface area contributed by atoms with Crippen molar-refractivity contribution >= 4 is 0 Å². The molecule has 1 saturated carbocycles. The highest BCUT2D eigenvalue weighted by Crippen LogP contribution is 2.49. The van der Waals surface area contributed by atoms with E-state index in [9.17, 15) is 5.21 Å². The topological polar surface area (TPSA) is 35.5 Å². The monoisotopic (exact) mass is 142 g/mol. The first-order valence-electron chi connectivity index (χ1n) is 3.84. The lowest BCUT2D eigenvalue weighted by atomic mass is 9.57. The van der Waals surface area contributed by atoms with Crippen LogP contribution in [0.1, 0.15) is 20.3 Å². The molecule has 3 rings (SSSR count). The summed E-state index contributed by atoms with van der Waals surface area (Å²) in [5, 5.41) is 10.6. The summed E-state index contributed by atoms with van der Waals surface area (Å²) in [6, 6.07) is 0.339. The van der Waals surface area contributed by atoms with Crippen molar-refractivity contribution < 1.29 is 5.21 Å². The first kappa shape index (κ1) is 6.58. The van der Waals surface area contributed by atoms with Gasteiger partial charge < -0.3 is 0 Å². The van der Waals surface area contributed by atoms with Crippen LogP contribution >= 0.6 is 0 Å². The van der Waals surface area contributed by atoms with Gasteiger partial charge in [-0.25, -0.2) is 5.43 Å². The summed E-state index contributed by atoms with van der Waals surface area (Å²) in [5.41, 5.74) is 3.25. The number of nitrogens with zero attached hydrogens (tertiary/aromatic N) is 1. The minimum Gasteiger partial charge on any atom is -0.299 e. The molecule has 0 aromatic carbocycles. The number of nitrogens with one attached hydrogen (secondary N) is 1. The summed E-state index contributed by atoms with van der Waals surface area (Å²) in [7, 11) is 0. The van der Waals surface area contributed by atoms with Crippen molar-refractivity contribution in [2.24, 2.45) is 11.3 Å². The number of fused-ring (bicyclic) bond motifs is 2. The molecular weight excluding hydrogens is 128 g/mol. The minimum absolute atomic E-state index is 0.319. The van der Waals surface area contributed by atoms with Crippen molar-refractivity contribution in [3.05, 3.63) is 0 Å². The van der Waals surface area contributed by atoms with Gasteiger partial charge in [0.15, 0.2) is 0 Å². The summed E-state index contributed by atoms with van der Waals surface area (Å²) >= 11 is 0. The Bertz CT molecular complexity index is 156. The molecule has 10 heavy (non-hydrogen) atoms. The SMILES string of the molecule is CC1(C)C2CNN(O)C1C2. The Labute approximate surface area is 60.9 Å². The van der Waals surface area contributed by atoms with Gasteiger partial charge in [0, 0.05) is 6.54 Å². The highest BCUT2D eigenvalue weighted by Gasteiger charge is 2.53. The third-order valence-corrected chi connectivity index (χ3v) is 3.21. The van der Waals surface area contributed by atoms with Crippen molar-refractivity contribution in [1.29, 1.82) is 0 Å². The number of hydrazine groups is 1. The lowest BCUT2D eigenvalue weighted by Gasteiger charge is -2.58. The summed E-state index contributed by atoms with van der Waals surface area (Å²) in [6.45, 7) is 5.37. The van der Waals surface area contributed by atoms with Crippen molar-refractivity contribution in [2.75, 3.05) is 6.54 Å². The standard InChI is InChI=1S/C7H14N2O/c1-7(2)5-3-6(7)9(10)8-4-5/h5-6,8,10H,3-4H2,1-2H3. The van der Waals surface area contributed by atoms with Gasteiger partial charge in [0.2, 0.25) is 0 Å². The normalized spacial score (nSPS) is 44.7. The first-order chi connectivity index (χ1) is 4.62.